The van der Waals surface area contributed by atoms with Crippen LogP contribution < -0.4 is 14.4 Å². The van der Waals surface area contributed by atoms with Crippen LogP contribution in [-0.2, 0) is 30.7 Å². The zero-order chi connectivity index (χ0) is 27.5. The van der Waals surface area contributed by atoms with Gasteiger partial charge in [-0.05, 0) is 77.3 Å². The molecule has 0 radical (unpaired) electrons. The van der Waals surface area contributed by atoms with Crippen molar-refractivity contribution in [1.29, 1.82) is 0 Å². The third kappa shape index (κ3) is 7.59. The van der Waals surface area contributed by atoms with E-state index in [1.54, 1.807) is 69.3 Å². The van der Waals surface area contributed by atoms with Crippen LogP contribution in [0.4, 0.5) is 10.5 Å². The zero-order valence-electron chi connectivity index (χ0n) is 22.7. The van der Waals surface area contributed by atoms with Gasteiger partial charge < -0.3 is 24.3 Å². The van der Waals surface area contributed by atoms with Crippen molar-refractivity contribution >= 4 is 21.8 Å². The molecule has 1 N–H and O–H groups in total. The van der Waals surface area contributed by atoms with Crippen molar-refractivity contribution in [2.24, 2.45) is 0 Å². The first-order valence-corrected chi connectivity index (χ1v) is 13.6. The minimum absolute atomic E-state index is 0.175. The lowest BCUT2D eigenvalue weighted by Crippen LogP contribution is -2.61. The minimum Gasteiger partial charge on any atom is -0.497 e. The van der Waals surface area contributed by atoms with E-state index >= 15 is 0 Å². The lowest BCUT2D eigenvalue weighted by atomic mass is 9.91. The van der Waals surface area contributed by atoms with Crippen molar-refractivity contribution in [1.82, 2.24) is 5.32 Å². The van der Waals surface area contributed by atoms with Crippen LogP contribution in [0.5, 0.6) is 5.75 Å². The Hall–Kier alpha value is -2.82. The molecular formula is C27H38N2O7S. The van der Waals surface area contributed by atoms with Gasteiger partial charge >= 0.3 is 6.09 Å². The topological polar surface area (TPSA) is 103 Å². The van der Waals surface area contributed by atoms with Crippen molar-refractivity contribution in [2.45, 2.75) is 69.3 Å². The summed E-state index contributed by atoms with van der Waals surface area (Å²) in [6, 6.07) is 13.6. The Kier molecular flexibility index (Phi) is 8.46. The highest BCUT2D eigenvalue weighted by Gasteiger charge is 2.42. The van der Waals surface area contributed by atoms with Gasteiger partial charge in [-0.25, -0.2) is 13.2 Å². The van der Waals surface area contributed by atoms with E-state index < -0.39 is 33.0 Å². The normalized spacial score (nSPS) is 17.1. The number of rotatable bonds is 8. The quantitative estimate of drug-likeness (QED) is 0.532. The van der Waals surface area contributed by atoms with E-state index in [2.05, 4.69) is 5.32 Å². The number of hydrogen-bond acceptors (Lipinski definition) is 7. The molecule has 37 heavy (non-hydrogen) atoms. The van der Waals surface area contributed by atoms with Gasteiger partial charge in [0.05, 0.1) is 36.4 Å². The second-order valence-corrected chi connectivity index (χ2v) is 12.7. The van der Waals surface area contributed by atoms with Crippen molar-refractivity contribution < 1.29 is 32.2 Å². The lowest BCUT2D eigenvalue weighted by Gasteiger charge is -2.44. The number of nitrogens with one attached hydrogen (secondary N) is 1. The molecule has 1 saturated heterocycles. The minimum atomic E-state index is -3.76. The Morgan fingerprint density at radius 3 is 2.27 bits per heavy atom. The number of carbonyl (C=O) groups is 1. The Bertz CT molecular complexity index is 1180. The van der Waals surface area contributed by atoms with E-state index in [9.17, 15) is 13.2 Å². The number of aryl methyl sites for hydroxylation is 1. The summed E-state index contributed by atoms with van der Waals surface area (Å²) in [7, 11) is -0.721. The molecular weight excluding hydrogens is 496 g/mol. The summed E-state index contributed by atoms with van der Waals surface area (Å²) in [5.74, 6) is -0.174. The molecule has 2 aromatic rings. The molecule has 1 aliphatic heterocycles. The summed E-state index contributed by atoms with van der Waals surface area (Å²) in [6.45, 7) is 9.58. The number of alkyl carbamates (subject to hydrolysis) is 1. The molecule has 2 aromatic carbocycles. The molecule has 3 rings (SSSR count). The van der Waals surface area contributed by atoms with Crippen LogP contribution in [0, 0.1) is 0 Å². The maximum Gasteiger partial charge on any atom is 0.408 e. The summed E-state index contributed by atoms with van der Waals surface area (Å²) in [5.41, 5.74) is -0.00728. The summed E-state index contributed by atoms with van der Waals surface area (Å²) < 4.78 is 50.0. The number of anilines is 1. The first kappa shape index (κ1) is 28.7. The molecule has 0 bridgehead atoms. The van der Waals surface area contributed by atoms with E-state index in [4.69, 9.17) is 18.9 Å². The maximum absolute atomic E-state index is 13.2. The van der Waals surface area contributed by atoms with E-state index in [-0.39, 0.29) is 18.1 Å². The summed E-state index contributed by atoms with van der Waals surface area (Å²) in [6.07, 6.45) is 0.536. The first-order chi connectivity index (χ1) is 17.1. The number of nitrogens with zero attached hydrogens (tertiary/aromatic N) is 1. The Balaban J connectivity index is 1.72. The fourth-order valence-corrected chi connectivity index (χ4v) is 5.01. The largest absolute Gasteiger partial charge is 0.497 e. The molecule has 1 heterocycles. The molecule has 204 valence electrons. The molecule has 1 fully saturated rings. The predicted molar refractivity (Wildman–Crippen MR) is 141 cm³/mol. The highest BCUT2D eigenvalue weighted by Crippen LogP contribution is 2.29. The second kappa shape index (κ2) is 10.9. The van der Waals surface area contributed by atoms with Gasteiger partial charge in [-0.15, -0.1) is 0 Å². The Labute approximate surface area is 220 Å². The summed E-state index contributed by atoms with van der Waals surface area (Å²) in [5, 5.41) is 2.95. The summed E-state index contributed by atoms with van der Waals surface area (Å²) >= 11 is 0. The number of carbonyl (C=O) groups excluding carboxylic acids is 1. The van der Waals surface area contributed by atoms with Crippen LogP contribution in [-0.4, -0.2) is 58.8 Å². The van der Waals surface area contributed by atoms with Gasteiger partial charge in [0.25, 0.3) is 10.0 Å². The molecule has 1 amide bonds. The average Bonchev–Trinajstić information content (AvgIpc) is 2.83. The number of methoxy groups -OCH3 is 1. The van der Waals surface area contributed by atoms with Gasteiger partial charge in [0.1, 0.15) is 11.4 Å². The first-order valence-electron chi connectivity index (χ1n) is 12.2. The monoisotopic (exact) mass is 534 g/mol. The predicted octanol–water partition coefficient (Wildman–Crippen LogP) is 4.50. The van der Waals surface area contributed by atoms with E-state index in [1.165, 1.54) is 18.5 Å². The van der Waals surface area contributed by atoms with Crippen molar-refractivity contribution in [3.63, 3.8) is 0 Å². The van der Waals surface area contributed by atoms with E-state index in [0.29, 0.717) is 24.3 Å². The van der Waals surface area contributed by atoms with Crippen LogP contribution in [0.2, 0.25) is 0 Å². The standard InChI is InChI=1S/C27H38N2O7S/c1-25(2,3)36-24(30)28-27(18-34-26(4,5)35-19-27)16-15-20-11-13-23(14-12-20)37(31,32)29(6)21-9-8-10-22(17-21)33-7/h8-14,17H,15-16,18-19H2,1-7H3,(H,28,30). The third-order valence-corrected chi connectivity index (χ3v) is 7.85. The highest BCUT2D eigenvalue weighted by atomic mass is 32.2. The van der Waals surface area contributed by atoms with Gasteiger partial charge in [0.15, 0.2) is 5.79 Å². The molecule has 0 atom stereocenters. The molecule has 0 unspecified atom stereocenters. The zero-order valence-corrected chi connectivity index (χ0v) is 23.5. The SMILES string of the molecule is COc1cccc(N(C)S(=O)(=O)c2ccc(CCC3(NC(=O)OC(C)(C)C)COC(C)(C)OC3)cc2)c1. The summed E-state index contributed by atoms with van der Waals surface area (Å²) in [4.78, 5) is 12.7. The Morgan fingerprint density at radius 1 is 1.08 bits per heavy atom. The maximum atomic E-state index is 13.2. The Morgan fingerprint density at radius 2 is 1.70 bits per heavy atom. The van der Waals surface area contributed by atoms with Gasteiger partial charge in [-0.3, -0.25) is 4.31 Å². The van der Waals surface area contributed by atoms with Crippen LogP contribution in [0.1, 0.15) is 46.6 Å². The number of hydrogen-bond donors (Lipinski definition) is 1. The highest BCUT2D eigenvalue weighted by molar-refractivity contribution is 7.92. The molecule has 0 aromatic heterocycles. The fourth-order valence-electron chi connectivity index (χ4n) is 3.82. The van der Waals surface area contributed by atoms with Gasteiger partial charge in [0.2, 0.25) is 0 Å². The van der Waals surface area contributed by atoms with Gasteiger partial charge in [0, 0.05) is 13.1 Å². The number of amides is 1. The number of ether oxygens (including phenoxy) is 4. The van der Waals surface area contributed by atoms with Crippen LogP contribution in [0.25, 0.3) is 0 Å². The second-order valence-electron chi connectivity index (χ2n) is 10.7. The van der Waals surface area contributed by atoms with Crippen molar-refractivity contribution in [2.75, 3.05) is 31.7 Å². The van der Waals surface area contributed by atoms with Crippen molar-refractivity contribution in [3.8, 4) is 5.75 Å². The third-order valence-electron chi connectivity index (χ3n) is 6.05. The molecule has 0 saturated carbocycles. The van der Waals surface area contributed by atoms with Crippen molar-refractivity contribution in [3.05, 3.63) is 54.1 Å². The van der Waals surface area contributed by atoms with Crippen LogP contribution >= 0.6 is 0 Å². The van der Waals surface area contributed by atoms with Crippen LogP contribution in [0.15, 0.2) is 53.4 Å². The van der Waals surface area contributed by atoms with E-state index in [1.807, 2.05) is 13.8 Å². The smallest absolute Gasteiger partial charge is 0.408 e. The lowest BCUT2D eigenvalue weighted by molar-refractivity contribution is -0.271. The molecule has 0 spiro atoms. The fraction of sp³-hybridized carbons (Fsp3) is 0.519. The average molecular weight is 535 g/mol. The van der Waals surface area contributed by atoms with E-state index in [0.717, 1.165) is 5.56 Å². The van der Waals surface area contributed by atoms with Crippen LogP contribution in [0.3, 0.4) is 0 Å². The van der Waals surface area contributed by atoms with Gasteiger partial charge in [-0.2, -0.15) is 0 Å². The molecule has 1 aliphatic rings. The molecule has 0 aliphatic carbocycles. The number of sulfonamides is 1. The molecule has 9 nitrogen and oxygen atoms in total. The number of benzene rings is 2. The van der Waals surface area contributed by atoms with Gasteiger partial charge in [-0.1, -0.05) is 18.2 Å². The molecule has 10 heteroatoms.